The third-order valence-corrected chi connectivity index (χ3v) is 6.88. The Morgan fingerprint density at radius 2 is 0.805 bits per heavy atom. The van der Waals surface area contributed by atoms with E-state index in [2.05, 4.69) is 100 Å². The maximum atomic E-state index is 5.14. The Labute approximate surface area is 263 Å². The first-order valence-corrected chi connectivity index (χ1v) is 12.8. The van der Waals surface area contributed by atoms with Gasteiger partial charge in [0.25, 0.3) is 0 Å². The maximum Gasteiger partial charge on any atom is 2.00 e. The molecule has 0 bridgehead atoms. The van der Waals surface area contributed by atoms with Crippen LogP contribution < -0.4 is 24.8 Å². The number of rotatable bonds is 6. The van der Waals surface area contributed by atoms with Crippen molar-refractivity contribution < 1.29 is 43.4 Å². The Hall–Kier alpha value is -3.87. The standard InChI is InChI=1S/C33H25N5.2ClH.V/c1-3-12-24(13-4-1)22-37-30-20-9-7-16-26(30)35-32(37)28-18-11-19-29(34-28)33-36-27-17-8-10-21-31(27)38(33)23-25-14-5-2-6-15-25;;;/h1-21H,22-23H2;2*1H;/q;;;+2/p-2. The quantitative estimate of drug-likeness (QED) is 0.284. The molecule has 0 spiro atoms. The van der Waals surface area contributed by atoms with Gasteiger partial charge in [-0.1, -0.05) is 91.0 Å². The summed E-state index contributed by atoms with van der Waals surface area (Å²) in [5, 5.41) is 0. The summed E-state index contributed by atoms with van der Waals surface area (Å²) >= 11 is 0. The molecule has 5 nitrogen and oxygen atoms in total. The maximum absolute atomic E-state index is 5.14. The molecule has 0 amide bonds. The summed E-state index contributed by atoms with van der Waals surface area (Å²) in [6.07, 6.45) is 0. The fraction of sp³-hybridized carbons (Fsp3) is 0.0606. The molecule has 7 rings (SSSR count). The van der Waals surface area contributed by atoms with Crippen LogP contribution in [-0.4, -0.2) is 24.1 Å². The molecule has 0 saturated carbocycles. The van der Waals surface area contributed by atoms with Gasteiger partial charge in [-0.3, -0.25) is 0 Å². The van der Waals surface area contributed by atoms with Crippen LogP contribution in [0.3, 0.4) is 0 Å². The van der Waals surface area contributed by atoms with Gasteiger partial charge in [0.1, 0.15) is 11.4 Å². The molecule has 3 aromatic heterocycles. The van der Waals surface area contributed by atoms with Crippen molar-refractivity contribution in [2.45, 2.75) is 13.1 Å². The summed E-state index contributed by atoms with van der Waals surface area (Å²) in [5.74, 6) is 1.70. The number of nitrogens with zero attached hydrogens (tertiary/aromatic N) is 5. The molecular formula is C33H25Cl2N5V. The zero-order chi connectivity index (χ0) is 25.3. The van der Waals surface area contributed by atoms with E-state index in [1.807, 2.05) is 36.4 Å². The number of hydrogen-bond donors (Lipinski definition) is 0. The van der Waals surface area contributed by atoms with Gasteiger partial charge < -0.3 is 33.9 Å². The number of aromatic nitrogens is 5. The average Bonchev–Trinajstić information content (AvgIpc) is 3.53. The van der Waals surface area contributed by atoms with Crippen LogP contribution in [0.2, 0.25) is 0 Å². The van der Waals surface area contributed by atoms with Crippen LogP contribution in [0.15, 0.2) is 127 Å². The fourth-order valence-electron chi connectivity index (χ4n) is 5.08. The number of para-hydroxylation sites is 4. The first-order valence-electron chi connectivity index (χ1n) is 12.8. The van der Waals surface area contributed by atoms with Crippen LogP contribution in [0.5, 0.6) is 0 Å². The van der Waals surface area contributed by atoms with Gasteiger partial charge in [-0.15, -0.1) is 0 Å². The molecule has 3 heterocycles. The van der Waals surface area contributed by atoms with E-state index in [9.17, 15) is 0 Å². The molecule has 0 aliphatic heterocycles. The molecule has 4 aromatic carbocycles. The summed E-state index contributed by atoms with van der Waals surface area (Å²) < 4.78 is 4.51. The molecule has 0 saturated heterocycles. The minimum Gasteiger partial charge on any atom is -1.00 e. The Kier molecular flexibility index (Phi) is 9.69. The molecule has 0 unspecified atom stereocenters. The predicted molar refractivity (Wildman–Crippen MR) is 153 cm³/mol. The summed E-state index contributed by atoms with van der Waals surface area (Å²) in [6.45, 7) is 1.43. The largest absolute Gasteiger partial charge is 2.00 e. The summed E-state index contributed by atoms with van der Waals surface area (Å²) in [5.41, 5.74) is 8.20. The summed E-state index contributed by atoms with van der Waals surface area (Å²) in [4.78, 5) is 15.2. The van der Waals surface area contributed by atoms with Crippen LogP contribution in [0.4, 0.5) is 0 Å². The molecule has 1 radical (unpaired) electrons. The van der Waals surface area contributed by atoms with Gasteiger partial charge in [-0.2, -0.15) is 0 Å². The molecule has 0 N–H and O–H groups in total. The van der Waals surface area contributed by atoms with Gasteiger partial charge >= 0.3 is 18.6 Å². The van der Waals surface area contributed by atoms with E-state index in [4.69, 9.17) is 15.0 Å². The van der Waals surface area contributed by atoms with Crippen LogP contribution in [0.25, 0.3) is 45.1 Å². The molecule has 8 heteroatoms. The van der Waals surface area contributed by atoms with Crippen LogP contribution in [0.1, 0.15) is 11.1 Å². The van der Waals surface area contributed by atoms with Gasteiger partial charge in [0.2, 0.25) is 0 Å². The van der Waals surface area contributed by atoms with E-state index in [1.54, 1.807) is 0 Å². The van der Waals surface area contributed by atoms with Crippen molar-refractivity contribution >= 4 is 22.1 Å². The van der Waals surface area contributed by atoms with E-state index in [1.165, 1.54) is 11.1 Å². The van der Waals surface area contributed by atoms with Crippen molar-refractivity contribution in [3.63, 3.8) is 0 Å². The topological polar surface area (TPSA) is 48.5 Å². The van der Waals surface area contributed by atoms with Crippen molar-refractivity contribution in [3.05, 3.63) is 139 Å². The van der Waals surface area contributed by atoms with Gasteiger partial charge in [-0.05, 0) is 47.5 Å². The Balaban J connectivity index is 0.00000129. The number of imidazole rings is 2. The number of halogens is 2. The molecule has 0 aliphatic rings. The van der Waals surface area contributed by atoms with Crippen molar-refractivity contribution in [1.29, 1.82) is 0 Å². The van der Waals surface area contributed by atoms with Gasteiger partial charge in [-0.25, -0.2) is 15.0 Å². The van der Waals surface area contributed by atoms with Crippen molar-refractivity contribution in [3.8, 4) is 23.0 Å². The second-order valence-corrected chi connectivity index (χ2v) is 9.40. The number of fused-ring (bicyclic) bond motifs is 2. The minimum atomic E-state index is 0. The number of hydrogen-bond acceptors (Lipinski definition) is 3. The van der Waals surface area contributed by atoms with E-state index in [0.717, 1.165) is 58.2 Å². The smallest absolute Gasteiger partial charge is 1.00 e. The zero-order valence-electron chi connectivity index (χ0n) is 22.0. The SMILES string of the molecule is [Cl-].[Cl-].[V+2].c1ccc(Cn2c(-c3cccc(-c4nc5ccccc5n4Cc4ccccc4)n3)nc3ccccc32)cc1. The van der Waals surface area contributed by atoms with E-state index >= 15 is 0 Å². The molecule has 7 aromatic rings. The Bertz CT molecular complexity index is 1750. The van der Waals surface area contributed by atoms with Gasteiger partial charge in [0, 0.05) is 13.1 Å². The fourth-order valence-corrected chi connectivity index (χ4v) is 5.08. The Morgan fingerprint density at radius 1 is 0.415 bits per heavy atom. The third kappa shape index (κ3) is 5.95. The molecular weight excluding hydrogens is 588 g/mol. The second kappa shape index (κ2) is 13.2. The Morgan fingerprint density at radius 3 is 1.24 bits per heavy atom. The first-order chi connectivity index (χ1) is 18.8. The van der Waals surface area contributed by atoms with Crippen LogP contribution in [-0.2, 0) is 31.6 Å². The minimum absolute atomic E-state index is 0. The molecule has 41 heavy (non-hydrogen) atoms. The van der Waals surface area contributed by atoms with E-state index in [-0.39, 0.29) is 43.4 Å². The predicted octanol–water partition coefficient (Wildman–Crippen LogP) is 1.22. The number of benzene rings is 4. The molecule has 0 aliphatic carbocycles. The summed E-state index contributed by atoms with van der Waals surface area (Å²) in [7, 11) is 0. The third-order valence-electron chi connectivity index (χ3n) is 6.88. The summed E-state index contributed by atoms with van der Waals surface area (Å²) in [6, 6.07) is 43.6. The molecule has 0 atom stereocenters. The van der Waals surface area contributed by atoms with Crippen LogP contribution >= 0.6 is 0 Å². The van der Waals surface area contributed by atoms with Crippen molar-refractivity contribution in [1.82, 2.24) is 24.1 Å². The molecule has 0 fully saturated rings. The van der Waals surface area contributed by atoms with Gasteiger partial charge in [0.05, 0.1) is 22.1 Å². The van der Waals surface area contributed by atoms with Gasteiger partial charge in [0.15, 0.2) is 11.6 Å². The van der Waals surface area contributed by atoms with Crippen LogP contribution in [0, 0.1) is 0 Å². The van der Waals surface area contributed by atoms with Crippen molar-refractivity contribution in [2.24, 2.45) is 0 Å². The normalized spacial score (nSPS) is 10.5. The van der Waals surface area contributed by atoms with E-state index in [0.29, 0.717) is 0 Å². The second-order valence-electron chi connectivity index (χ2n) is 9.40. The first kappa shape index (κ1) is 30.1. The van der Waals surface area contributed by atoms with Crippen molar-refractivity contribution in [2.75, 3.05) is 0 Å². The average molecular weight is 613 g/mol. The monoisotopic (exact) mass is 612 g/mol. The zero-order valence-corrected chi connectivity index (χ0v) is 24.9. The molecule has 201 valence electrons. The van der Waals surface area contributed by atoms with E-state index < -0.39 is 0 Å². The number of pyridine rings is 1.